The van der Waals surface area contributed by atoms with E-state index in [1.165, 1.54) is 11.1 Å². The molecule has 21 heavy (non-hydrogen) atoms. The Bertz CT molecular complexity index is 433. The molecule has 3 nitrogen and oxygen atoms in total. The van der Waals surface area contributed by atoms with Gasteiger partial charge in [0.15, 0.2) is 0 Å². The molecule has 1 heterocycles. The van der Waals surface area contributed by atoms with Crippen LogP contribution in [0.15, 0.2) is 24.3 Å². The van der Waals surface area contributed by atoms with E-state index in [9.17, 15) is 4.79 Å². The highest BCUT2D eigenvalue weighted by molar-refractivity contribution is 5.85. The molecule has 0 spiro atoms. The summed E-state index contributed by atoms with van der Waals surface area (Å²) >= 11 is 0. The van der Waals surface area contributed by atoms with Gasteiger partial charge in [-0.3, -0.25) is 4.79 Å². The van der Waals surface area contributed by atoms with E-state index in [0.29, 0.717) is 12.3 Å². The maximum absolute atomic E-state index is 12.4. The second-order valence-corrected chi connectivity index (χ2v) is 5.51. The molecule has 1 aliphatic rings. The number of hydrogen-bond donors (Lipinski definition) is 1. The number of rotatable bonds is 5. The molecular formula is C17H27ClN2O. The molecule has 1 saturated heterocycles. The Morgan fingerprint density at radius 3 is 2.62 bits per heavy atom. The molecule has 4 heteroatoms. The van der Waals surface area contributed by atoms with E-state index in [1.807, 2.05) is 0 Å². The summed E-state index contributed by atoms with van der Waals surface area (Å²) in [5.41, 5.74) is 2.60. The first-order valence-corrected chi connectivity index (χ1v) is 7.85. The average Bonchev–Trinajstić information content (AvgIpc) is 2.52. The Morgan fingerprint density at radius 2 is 2.00 bits per heavy atom. The van der Waals surface area contributed by atoms with Crippen molar-refractivity contribution in [3.8, 4) is 0 Å². The summed E-state index contributed by atoms with van der Waals surface area (Å²) in [6.45, 7) is 6.89. The van der Waals surface area contributed by atoms with Crippen LogP contribution in [0.3, 0.4) is 0 Å². The van der Waals surface area contributed by atoms with Gasteiger partial charge in [-0.15, -0.1) is 12.4 Å². The molecule has 1 aromatic carbocycles. The maximum atomic E-state index is 12.4. The molecule has 1 N–H and O–H groups in total. The van der Waals surface area contributed by atoms with Gasteiger partial charge in [-0.25, -0.2) is 0 Å². The van der Waals surface area contributed by atoms with Gasteiger partial charge in [0, 0.05) is 26.1 Å². The molecule has 0 radical (unpaired) electrons. The highest BCUT2D eigenvalue weighted by Crippen LogP contribution is 2.24. The summed E-state index contributed by atoms with van der Waals surface area (Å²) in [7, 11) is 0. The Kier molecular flexibility index (Phi) is 7.76. The van der Waals surface area contributed by atoms with Crippen molar-refractivity contribution in [1.29, 1.82) is 0 Å². The van der Waals surface area contributed by atoms with E-state index in [-0.39, 0.29) is 18.4 Å². The van der Waals surface area contributed by atoms with E-state index >= 15 is 0 Å². The smallest absolute Gasteiger partial charge is 0.223 e. The zero-order valence-electron chi connectivity index (χ0n) is 13.1. The number of piperazine rings is 1. The van der Waals surface area contributed by atoms with Crippen LogP contribution in [0.2, 0.25) is 0 Å². The Balaban J connectivity index is 0.00000220. The lowest BCUT2D eigenvalue weighted by Gasteiger charge is -2.36. The quantitative estimate of drug-likeness (QED) is 0.904. The predicted molar refractivity (Wildman–Crippen MR) is 89.9 cm³/mol. The Morgan fingerprint density at radius 1 is 1.29 bits per heavy atom. The lowest BCUT2D eigenvalue weighted by molar-refractivity contribution is -0.134. The van der Waals surface area contributed by atoms with Crippen LogP contribution in [0, 0.1) is 0 Å². The van der Waals surface area contributed by atoms with Crippen LogP contribution in [-0.2, 0) is 11.2 Å². The van der Waals surface area contributed by atoms with Crippen LogP contribution in [0.4, 0.5) is 0 Å². The summed E-state index contributed by atoms with van der Waals surface area (Å²) in [5, 5.41) is 3.41. The first-order valence-electron chi connectivity index (χ1n) is 7.85. The first kappa shape index (κ1) is 18.0. The van der Waals surface area contributed by atoms with Crippen molar-refractivity contribution in [2.24, 2.45) is 0 Å². The highest BCUT2D eigenvalue weighted by atomic mass is 35.5. The van der Waals surface area contributed by atoms with Crippen LogP contribution < -0.4 is 5.32 Å². The molecule has 1 aliphatic heterocycles. The number of unbranched alkanes of at least 4 members (excludes halogenated alkanes) is 1. The fraction of sp³-hybridized carbons (Fsp3) is 0.588. The fourth-order valence-electron chi connectivity index (χ4n) is 2.75. The van der Waals surface area contributed by atoms with Gasteiger partial charge in [-0.05, 0) is 24.0 Å². The molecule has 2 rings (SSSR count). The van der Waals surface area contributed by atoms with Crippen LogP contribution in [0.5, 0.6) is 0 Å². The molecule has 1 unspecified atom stereocenters. The third kappa shape index (κ3) is 4.72. The highest BCUT2D eigenvalue weighted by Gasteiger charge is 2.27. The van der Waals surface area contributed by atoms with Gasteiger partial charge >= 0.3 is 0 Å². The van der Waals surface area contributed by atoms with Crippen LogP contribution in [-0.4, -0.2) is 30.4 Å². The van der Waals surface area contributed by atoms with Crippen molar-refractivity contribution in [3.05, 3.63) is 35.4 Å². The zero-order chi connectivity index (χ0) is 14.4. The van der Waals surface area contributed by atoms with Crippen molar-refractivity contribution in [2.45, 2.75) is 45.6 Å². The minimum absolute atomic E-state index is 0. The molecular weight excluding hydrogens is 284 g/mol. The molecule has 1 fully saturated rings. The number of carbonyl (C=O) groups is 1. The van der Waals surface area contributed by atoms with Gasteiger partial charge in [0.1, 0.15) is 0 Å². The largest absolute Gasteiger partial charge is 0.333 e. The summed E-state index contributed by atoms with van der Waals surface area (Å²) in [6, 6.07) is 8.91. The van der Waals surface area contributed by atoms with Gasteiger partial charge in [0.25, 0.3) is 0 Å². The zero-order valence-corrected chi connectivity index (χ0v) is 13.9. The number of aryl methyl sites for hydroxylation is 1. The van der Waals surface area contributed by atoms with Crippen molar-refractivity contribution >= 4 is 18.3 Å². The summed E-state index contributed by atoms with van der Waals surface area (Å²) < 4.78 is 0. The molecule has 118 valence electrons. The number of benzene rings is 1. The monoisotopic (exact) mass is 310 g/mol. The number of hydrogen-bond acceptors (Lipinski definition) is 2. The number of carbonyl (C=O) groups excluding carboxylic acids is 1. The standard InChI is InChI=1S/C17H26N2O.ClH/c1-3-5-6-17(20)19-12-11-18-13-16(19)15-9-7-14(4-2)8-10-15;/h7-10,16,18H,3-6,11-13H2,1-2H3;1H. The second kappa shape index (κ2) is 9.06. The van der Waals surface area contributed by atoms with Gasteiger partial charge in [-0.1, -0.05) is 44.5 Å². The first-order chi connectivity index (χ1) is 9.76. The number of nitrogens with one attached hydrogen (secondary N) is 1. The van der Waals surface area contributed by atoms with Crippen LogP contribution >= 0.6 is 12.4 Å². The average molecular weight is 311 g/mol. The van der Waals surface area contributed by atoms with E-state index < -0.39 is 0 Å². The second-order valence-electron chi connectivity index (χ2n) is 5.51. The molecule has 0 saturated carbocycles. The summed E-state index contributed by atoms with van der Waals surface area (Å²) in [4.78, 5) is 14.4. The van der Waals surface area contributed by atoms with E-state index in [4.69, 9.17) is 0 Å². The minimum atomic E-state index is 0. The van der Waals surface area contributed by atoms with Gasteiger partial charge in [0.05, 0.1) is 6.04 Å². The molecule has 0 bridgehead atoms. The summed E-state index contributed by atoms with van der Waals surface area (Å²) in [5.74, 6) is 0.304. The normalized spacial score (nSPS) is 18.2. The lowest BCUT2D eigenvalue weighted by atomic mass is 10.0. The number of nitrogens with zero attached hydrogens (tertiary/aromatic N) is 1. The number of halogens is 1. The minimum Gasteiger partial charge on any atom is -0.333 e. The molecule has 0 aliphatic carbocycles. The molecule has 1 amide bonds. The van der Waals surface area contributed by atoms with E-state index in [0.717, 1.165) is 38.9 Å². The number of amides is 1. The molecule has 1 aromatic rings. The third-order valence-corrected chi connectivity index (χ3v) is 4.08. The van der Waals surface area contributed by atoms with Crippen LogP contribution in [0.1, 0.15) is 50.3 Å². The third-order valence-electron chi connectivity index (χ3n) is 4.08. The SMILES string of the molecule is CCCCC(=O)N1CCNCC1c1ccc(CC)cc1.Cl. The predicted octanol–water partition coefficient (Wildman–Crippen LogP) is 3.33. The molecule has 0 aromatic heterocycles. The maximum Gasteiger partial charge on any atom is 0.223 e. The van der Waals surface area contributed by atoms with Crippen molar-refractivity contribution in [3.63, 3.8) is 0 Å². The van der Waals surface area contributed by atoms with Crippen molar-refractivity contribution < 1.29 is 4.79 Å². The summed E-state index contributed by atoms with van der Waals surface area (Å²) in [6.07, 6.45) is 3.81. The van der Waals surface area contributed by atoms with Crippen LogP contribution in [0.25, 0.3) is 0 Å². The van der Waals surface area contributed by atoms with Gasteiger partial charge < -0.3 is 10.2 Å². The Hall–Kier alpha value is -1.06. The fourth-order valence-corrected chi connectivity index (χ4v) is 2.75. The van der Waals surface area contributed by atoms with E-state index in [1.54, 1.807) is 0 Å². The van der Waals surface area contributed by atoms with Gasteiger partial charge in [-0.2, -0.15) is 0 Å². The Labute approximate surface area is 134 Å². The van der Waals surface area contributed by atoms with Gasteiger partial charge in [0.2, 0.25) is 5.91 Å². The van der Waals surface area contributed by atoms with E-state index in [2.05, 4.69) is 48.3 Å². The topological polar surface area (TPSA) is 32.3 Å². The van der Waals surface area contributed by atoms with Crippen molar-refractivity contribution in [2.75, 3.05) is 19.6 Å². The molecule has 1 atom stereocenters. The van der Waals surface area contributed by atoms with Crippen molar-refractivity contribution in [1.82, 2.24) is 10.2 Å². The lowest BCUT2D eigenvalue weighted by Crippen LogP contribution is -2.48.